The number of aromatic nitrogens is 3. The van der Waals surface area contributed by atoms with Crippen LogP contribution in [-0.2, 0) is 16.7 Å². The summed E-state index contributed by atoms with van der Waals surface area (Å²) in [5.41, 5.74) is 2.57. The van der Waals surface area contributed by atoms with Gasteiger partial charge >= 0.3 is 10.3 Å². The van der Waals surface area contributed by atoms with Crippen LogP contribution in [0.2, 0.25) is 0 Å². The van der Waals surface area contributed by atoms with Crippen LogP contribution in [0.4, 0.5) is 11.9 Å². The van der Waals surface area contributed by atoms with E-state index in [1.807, 2.05) is 12.1 Å². The topological polar surface area (TPSA) is 141 Å². The molecule has 0 spiro atoms. The van der Waals surface area contributed by atoms with Gasteiger partial charge in [-0.25, -0.2) is 9.97 Å². The molecule has 2 aliphatic carbocycles. The van der Waals surface area contributed by atoms with E-state index in [2.05, 4.69) is 37.7 Å². The summed E-state index contributed by atoms with van der Waals surface area (Å²) in [6, 6.07) is 7.48. The van der Waals surface area contributed by atoms with Crippen molar-refractivity contribution in [1.82, 2.24) is 19.3 Å². The van der Waals surface area contributed by atoms with Crippen molar-refractivity contribution in [1.29, 1.82) is 0 Å². The van der Waals surface area contributed by atoms with Gasteiger partial charge in [-0.05, 0) is 36.8 Å². The smallest absolute Gasteiger partial charge is 0.335 e. The van der Waals surface area contributed by atoms with Gasteiger partial charge in [-0.1, -0.05) is 24.3 Å². The van der Waals surface area contributed by atoms with E-state index in [-0.39, 0.29) is 12.1 Å². The van der Waals surface area contributed by atoms with Crippen LogP contribution in [0.5, 0.6) is 0 Å². The number of nitrogens with zero attached hydrogens (tertiary/aromatic N) is 4. The lowest BCUT2D eigenvalue weighted by atomic mass is 10.1. The number of nitrogens with one attached hydrogen (secondary N) is 2. The van der Waals surface area contributed by atoms with Crippen LogP contribution in [-0.4, -0.2) is 62.6 Å². The quantitative estimate of drug-likeness (QED) is 0.504. The Morgan fingerprint density at radius 1 is 1.14 bits per heavy atom. The number of aliphatic hydroxyl groups excluding tert-OH is 1. The minimum atomic E-state index is -4.37. The first-order valence-electron chi connectivity index (χ1n) is 9.49. The average molecular weight is 420 g/mol. The molecule has 1 aromatic heterocycles. The molecule has 1 fully saturated rings. The molecule has 1 aromatic carbocycles. The Morgan fingerprint density at radius 3 is 2.62 bits per heavy atom. The van der Waals surface area contributed by atoms with Gasteiger partial charge in [0.15, 0.2) is 0 Å². The van der Waals surface area contributed by atoms with Gasteiger partial charge in [-0.3, -0.25) is 4.55 Å². The molecular weight excluding hydrogens is 396 g/mol. The SMILES string of the molecule is CN([C@H]1C[C@@H](Nc2ncnc(N[C@H]3CCc4ccccc43)n2)C[C@@H]1O)S(=O)(=O)O. The summed E-state index contributed by atoms with van der Waals surface area (Å²) in [5.74, 6) is 0.801. The molecule has 4 rings (SSSR count). The molecule has 10 nitrogen and oxygen atoms in total. The number of hydrogen-bond acceptors (Lipinski definition) is 8. The zero-order chi connectivity index (χ0) is 20.6. The molecule has 2 aliphatic rings. The Labute approximate surface area is 169 Å². The van der Waals surface area contributed by atoms with Gasteiger partial charge in [0.2, 0.25) is 11.9 Å². The Hall–Kier alpha value is -2.34. The highest BCUT2D eigenvalue weighted by Crippen LogP contribution is 2.33. The van der Waals surface area contributed by atoms with Gasteiger partial charge in [0.1, 0.15) is 6.33 Å². The lowest BCUT2D eigenvalue weighted by Crippen LogP contribution is -2.41. The van der Waals surface area contributed by atoms with Gasteiger partial charge in [-0.2, -0.15) is 17.7 Å². The molecule has 156 valence electrons. The molecule has 2 aromatic rings. The second kappa shape index (κ2) is 7.82. The maximum Gasteiger partial charge on any atom is 0.335 e. The molecule has 0 saturated heterocycles. The molecular formula is C18H24N6O4S. The zero-order valence-corrected chi connectivity index (χ0v) is 16.7. The van der Waals surface area contributed by atoms with Crippen molar-refractivity contribution >= 4 is 22.2 Å². The highest BCUT2D eigenvalue weighted by molar-refractivity contribution is 7.83. The van der Waals surface area contributed by atoms with Crippen LogP contribution in [0.25, 0.3) is 0 Å². The molecule has 0 radical (unpaired) electrons. The van der Waals surface area contributed by atoms with E-state index in [0.717, 1.165) is 17.1 Å². The van der Waals surface area contributed by atoms with Gasteiger partial charge in [0.25, 0.3) is 0 Å². The van der Waals surface area contributed by atoms with Gasteiger partial charge < -0.3 is 15.7 Å². The number of fused-ring (bicyclic) bond motifs is 1. The predicted molar refractivity (Wildman–Crippen MR) is 107 cm³/mol. The highest BCUT2D eigenvalue weighted by Gasteiger charge is 2.39. The van der Waals surface area contributed by atoms with Crippen LogP contribution in [0.15, 0.2) is 30.6 Å². The minimum absolute atomic E-state index is 0.141. The minimum Gasteiger partial charge on any atom is -0.391 e. The summed E-state index contributed by atoms with van der Waals surface area (Å²) in [6.07, 6.45) is 3.12. The second-order valence-electron chi connectivity index (χ2n) is 7.51. The molecule has 0 bridgehead atoms. The Balaban J connectivity index is 1.41. The van der Waals surface area contributed by atoms with Crippen molar-refractivity contribution in [3.63, 3.8) is 0 Å². The first-order valence-corrected chi connectivity index (χ1v) is 10.9. The van der Waals surface area contributed by atoms with Crippen LogP contribution in [0.3, 0.4) is 0 Å². The monoisotopic (exact) mass is 420 g/mol. The third-order valence-corrected chi connectivity index (χ3v) is 6.67. The highest BCUT2D eigenvalue weighted by atomic mass is 32.2. The first kappa shape index (κ1) is 20.0. The number of aliphatic hydroxyl groups is 1. The van der Waals surface area contributed by atoms with E-state index >= 15 is 0 Å². The normalized spacial score (nSPS) is 26.5. The number of anilines is 2. The molecule has 0 unspecified atom stereocenters. The second-order valence-corrected chi connectivity index (χ2v) is 8.98. The maximum atomic E-state index is 11.3. The van der Waals surface area contributed by atoms with Gasteiger partial charge in [0.05, 0.1) is 18.2 Å². The fraction of sp³-hybridized carbons (Fsp3) is 0.500. The molecule has 1 saturated carbocycles. The van der Waals surface area contributed by atoms with Crippen molar-refractivity contribution in [2.75, 3.05) is 17.7 Å². The molecule has 29 heavy (non-hydrogen) atoms. The van der Waals surface area contributed by atoms with Crippen LogP contribution >= 0.6 is 0 Å². The van der Waals surface area contributed by atoms with Crippen molar-refractivity contribution in [2.24, 2.45) is 0 Å². The molecule has 4 N–H and O–H groups in total. The summed E-state index contributed by atoms with van der Waals surface area (Å²) >= 11 is 0. The molecule has 11 heteroatoms. The first-order chi connectivity index (χ1) is 13.8. The third-order valence-electron chi connectivity index (χ3n) is 5.67. The Morgan fingerprint density at radius 2 is 1.86 bits per heavy atom. The van der Waals surface area contributed by atoms with Crippen molar-refractivity contribution < 1.29 is 18.1 Å². The van der Waals surface area contributed by atoms with E-state index < -0.39 is 22.4 Å². The van der Waals surface area contributed by atoms with E-state index in [1.165, 1.54) is 24.5 Å². The van der Waals surface area contributed by atoms with E-state index in [1.54, 1.807) is 0 Å². The number of rotatable bonds is 6. The molecule has 0 amide bonds. The summed E-state index contributed by atoms with van der Waals surface area (Å²) in [6.45, 7) is 0. The molecule has 1 heterocycles. The third kappa shape index (κ3) is 4.32. The standard InChI is InChI=1S/C18H24N6O4S/c1-24(29(26,27)28)15-8-12(9-16(15)25)21-17-19-10-20-18(23-17)22-14-7-6-11-4-2-3-5-13(11)14/h2-5,10,12,14-16,25H,6-9H2,1H3,(H,26,27,28)(H2,19,20,21,22,23)/t12-,14+,15+,16+/m1/s1. The number of aryl methyl sites for hydroxylation is 1. The van der Waals surface area contributed by atoms with Gasteiger partial charge in [0, 0.05) is 13.1 Å². The fourth-order valence-corrected chi connectivity index (χ4v) is 4.72. The maximum absolute atomic E-state index is 11.3. The van der Waals surface area contributed by atoms with Crippen LogP contribution in [0, 0.1) is 0 Å². The number of benzene rings is 1. The van der Waals surface area contributed by atoms with E-state index in [9.17, 15) is 18.1 Å². The average Bonchev–Trinajstić information content (AvgIpc) is 3.24. The predicted octanol–water partition coefficient (Wildman–Crippen LogP) is 1.01. The van der Waals surface area contributed by atoms with Crippen molar-refractivity contribution in [3.8, 4) is 0 Å². The summed E-state index contributed by atoms with van der Waals surface area (Å²) in [4.78, 5) is 12.7. The lowest BCUT2D eigenvalue weighted by Gasteiger charge is -2.23. The van der Waals surface area contributed by atoms with E-state index in [4.69, 9.17) is 0 Å². The summed E-state index contributed by atoms with van der Waals surface area (Å²) in [5, 5.41) is 16.7. The zero-order valence-electron chi connectivity index (χ0n) is 15.9. The lowest BCUT2D eigenvalue weighted by molar-refractivity contribution is 0.118. The van der Waals surface area contributed by atoms with Crippen LogP contribution in [0.1, 0.15) is 36.4 Å². The van der Waals surface area contributed by atoms with Crippen molar-refractivity contribution in [2.45, 2.75) is 49.9 Å². The van der Waals surface area contributed by atoms with Crippen LogP contribution < -0.4 is 10.6 Å². The molecule has 4 atom stereocenters. The summed E-state index contributed by atoms with van der Waals surface area (Å²) < 4.78 is 32.7. The van der Waals surface area contributed by atoms with E-state index in [0.29, 0.717) is 24.7 Å². The van der Waals surface area contributed by atoms with Gasteiger partial charge in [-0.15, -0.1) is 0 Å². The molecule has 0 aliphatic heterocycles. The number of likely N-dealkylation sites (N-methyl/N-ethyl adjacent to an activating group) is 1. The summed E-state index contributed by atoms with van der Waals surface area (Å²) in [7, 11) is -3.12. The Kier molecular flexibility index (Phi) is 5.38. The van der Waals surface area contributed by atoms with Crippen molar-refractivity contribution in [3.05, 3.63) is 41.7 Å². The fourth-order valence-electron chi connectivity index (χ4n) is 4.15. The Bertz CT molecular complexity index is 988. The number of hydrogen-bond donors (Lipinski definition) is 4. The largest absolute Gasteiger partial charge is 0.391 e.